The summed E-state index contributed by atoms with van der Waals surface area (Å²) in [5, 5.41) is 0.578. The van der Waals surface area contributed by atoms with Gasteiger partial charge in [0.2, 0.25) is 0 Å². The number of hydrogen-bond acceptors (Lipinski definition) is 6. The summed E-state index contributed by atoms with van der Waals surface area (Å²) in [6, 6.07) is 3.14. The third-order valence-electron chi connectivity index (χ3n) is 1.91. The van der Waals surface area contributed by atoms with E-state index in [4.69, 9.17) is 4.74 Å². The Morgan fingerprint density at radius 2 is 2.05 bits per heavy atom. The van der Waals surface area contributed by atoms with Crippen molar-refractivity contribution >= 4 is 23.7 Å². The van der Waals surface area contributed by atoms with E-state index >= 15 is 0 Å². The van der Waals surface area contributed by atoms with Crippen molar-refractivity contribution in [2.24, 2.45) is 0 Å². The van der Waals surface area contributed by atoms with E-state index in [9.17, 15) is 9.59 Å². The van der Waals surface area contributed by atoms with Crippen LogP contribution in [0, 0.1) is 0 Å². The van der Waals surface area contributed by atoms with Gasteiger partial charge in [0.15, 0.2) is 0 Å². The number of aromatic nitrogens is 1. The molecule has 0 aromatic carbocycles. The maximum absolute atomic E-state index is 11.5. The highest BCUT2D eigenvalue weighted by Gasteiger charge is 2.16. The maximum Gasteiger partial charge on any atom is 0.337 e. The molecule has 0 aliphatic carbocycles. The highest BCUT2D eigenvalue weighted by molar-refractivity contribution is 7.99. The van der Waals surface area contributed by atoms with Gasteiger partial charge < -0.3 is 9.47 Å². The molecule has 0 saturated carbocycles. The molecule has 0 aliphatic heterocycles. The van der Waals surface area contributed by atoms with Gasteiger partial charge in [0.05, 0.1) is 23.5 Å². The molecule has 0 radical (unpaired) electrons. The summed E-state index contributed by atoms with van der Waals surface area (Å²) in [7, 11) is 1.32. The van der Waals surface area contributed by atoms with Crippen LogP contribution >= 0.6 is 11.8 Å². The van der Waals surface area contributed by atoms with E-state index in [0.29, 0.717) is 10.6 Å². The average Bonchev–Trinajstić information content (AvgIpc) is 2.34. The summed E-state index contributed by atoms with van der Waals surface area (Å²) in [6.07, 6.45) is 1.50. The van der Waals surface area contributed by atoms with Crippen LogP contribution in [0.4, 0.5) is 0 Å². The smallest absolute Gasteiger partial charge is 0.337 e. The molecule has 0 N–H and O–H groups in total. The summed E-state index contributed by atoms with van der Waals surface area (Å²) >= 11 is 1.22. The van der Waals surface area contributed by atoms with Crippen LogP contribution in [-0.2, 0) is 14.3 Å². The van der Waals surface area contributed by atoms with E-state index in [1.807, 2.05) is 20.8 Å². The Kier molecular flexibility index (Phi) is 5.35. The Morgan fingerprint density at radius 3 is 2.63 bits per heavy atom. The minimum atomic E-state index is -0.501. The van der Waals surface area contributed by atoms with Crippen molar-refractivity contribution in [2.75, 3.05) is 12.9 Å². The Labute approximate surface area is 116 Å². The van der Waals surface area contributed by atoms with Crippen molar-refractivity contribution in [1.29, 1.82) is 0 Å². The van der Waals surface area contributed by atoms with E-state index in [1.54, 1.807) is 12.1 Å². The van der Waals surface area contributed by atoms with E-state index in [2.05, 4.69) is 9.72 Å². The first-order valence-corrected chi connectivity index (χ1v) is 6.69. The van der Waals surface area contributed by atoms with Crippen molar-refractivity contribution in [1.82, 2.24) is 4.98 Å². The highest BCUT2D eigenvalue weighted by Crippen LogP contribution is 2.18. The summed E-state index contributed by atoms with van der Waals surface area (Å²) in [5.74, 6) is -0.598. The molecule has 1 aromatic rings. The van der Waals surface area contributed by atoms with Crippen molar-refractivity contribution in [3.8, 4) is 0 Å². The van der Waals surface area contributed by atoms with Crippen LogP contribution < -0.4 is 0 Å². The van der Waals surface area contributed by atoms with Crippen LogP contribution in [-0.4, -0.2) is 35.4 Å². The molecule has 0 amide bonds. The molecule has 1 aromatic heterocycles. The SMILES string of the molecule is COC(=O)c1ccnc(SCC(=O)OC(C)(C)C)c1. The van der Waals surface area contributed by atoms with Gasteiger partial charge >= 0.3 is 11.9 Å². The number of thioether (sulfide) groups is 1. The van der Waals surface area contributed by atoms with Gasteiger partial charge in [-0.15, -0.1) is 0 Å². The number of esters is 2. The first-order chi connectivity index (χ1) is 8.81. The number of carbonyl (C=O) groups excluding carboxylic acids is 2. The Balaban J connectivity index is 2.59. The lowest BCUT2D eigenvalue weighted by molar-refractivity contribution is -0.151. The van der Waals surface area contributed by atoms with E-state index in [1.165, 1.54) is 25.1 Å². The molecule has 0 spiro atoms. The Hall–Kier alpha value is -1.56. The van der Waals surface area contributed by atoms with Crippen LogP contribution in [0.25, 0.3) is 0 Å². The number of nitrogens with zero attached hydrogens (tertiary/aromatic N) is 1. The molecule has 1 heterocycles. The van der Waals surface area contributed by atoms with Gasteiger partial charge in [-0.3, -0.25) is 4.79 Å². The van der Waals surface area contributed by atoms with Crippen LogP contribution in [0.15, 0.2) is 23.4 Å². The van der Waals surface area contributed by atoms with E-state index < -0.39 is 11.6 Å². The van der Waals surface area contributed by atoms with Crippen LogP contribution in [0.3, 0.4) is 0 Å². The third kappa shape index (κ3) is 5.74. The zero-order valence-electron chi connectivity index (χ0n) is 11.4. The number of methoxy groups -OCH3 is 1. The van der Waals surface area contributed by atoms with Crippen molar-refractivity contribution in [3.63, 3.8) is 0 Å². The fourth-order valence-electron chi connectivity index (χ4n) is 1.24. The molecule has 0 aliphatic rings. The minimum Gasteiger partial charge on any atom is -0.465 e. The van der Waals surface area contributed by atoms with Gasteiger partial charge in [-0.2, -0.15) is 0 Å². The van der Waals surface area contributed by atoms with Gasteiger partial charge in [-0.05, 0) is 32.9 Å². The summed E-state index contributed by atoms with van der Waals surface area (Å²) in [4.78, 5) is 27.0. The predicted molar refractivity (Wildman–Crippen MR) is 72.1 cm³/mol. The number of ether oxygens (including phenoxy) is 2. The second kappa shape index (κ2) is 6.56. The van der Waals surface area contributed by atoms with Gasteiger partial charge in [-0.25, -0.2) is 9.78 Å². The lowest BCUT2D eigenvalue weighted by Crippen LogP contribution is -2.24. The number of carbonyl (C=O) groups is 2. The lowest BCUT2D eigenvalue weighted by Gasteiger charge is -2.19. The molecule has 0 unspecified atom stereocenters. The summed E-state index contributed by atoms with van der Waals surface area (Å²) in [5.41, 5.74) is -0.0944. The predicted octanol–water partition coefficient (Wildman–Crippen LogP) is 2.30. The quantitative estimate of drug-likeness (QED) is 0.624. The van der Waals surface area contributed by atoms with E-state index in [-0.39, 0.29) is 11.7 Å². The zero-order chi connectivity index (χ0) is 14.5. The van der Waals surface area contributed by atoms with E-state index in [0.717, 1.165) is 0 Å². The molecule has 6 heteroatoms. The standard InChI is InChI=1S/C13H17NO4S/c1-13(2,3)18-11(15)8-19-10-7-9(5-6-14-10)12(16)17-4/h5-7H,8H2,1-4H3. The summed E-state index contributed by atoms with van der Waals surface area (Å²) in [6.45, 7) is 5.43. The summed E-state index contributed by atoms with van der Waals surface area (Å²) < 4.78 is 9.79. The number of pyridine rings is 1. The molecular formula is C13H17NO4S. The topological polar surface area (TPSA) is 65.5 Å². The average molecular weight is 283 g/mol. The van der Waals surface area contributed by atoms with Gasteiger partial charge in [0.1, 0.15) is 5.60 Å². The lowest BCUT2D eigenvalue weighted by atomic mass is 10.2. The second-order valence-corrected chi connectivity index (χ2v) is 5.75. The molecule has 1 rings (SSSR count). The zero-order valence-corrected chi connectivity index (χ0v) is 12.2. The van der Waals surface area contributed by atoms with Crippen LogP contribution in [0.5, 0.6) is 0 Å². The number of hydrogen-bond donors (Lipinski definition) is 0. The first-order valence-electron chi connectivity index (χ1n) is 5.71. The molecule has 0 saturated heterocycles. The van der Waals surface area contributed by atoms with Crippen LogP contribution in [0.1, 0.15) is 31.1 Å². The second-order valence-electron chi connectivity index (χ2n) is 4.75. The monoisotopic (exact) mass is 283 g/mol. The fourth-order valence-corrected chi connectivity index (χ4v) is 1.91. The Bertz CT molecular complexity index is 468. The van der Waals surface area contributed by atoms with Crippen molar-refractivity contribution in [2.45, 2.75) is 31.4 Å². The molecule has 0 bridgehead atoms. The largest absolute Gasteiger partial charge is 0.465 e. The van der Waals surface area contributed by atoms with Crippen molar-refractivity contribution in [3.05, 3.63) is 23.9 Å². The molecule has 5 nitrogen and oxygen atoms in total. The van der Waals surface area contributed by atoms with Gasteiger partial charge in [0.25, 0.3) is 0 Å². The third-order valence-corrected chi connectivity index (χ3v) is 2.81. The fraction of sp³-hybridized carbons (Fsp3) is 0.462. The molecular weight excluding hydrogens is 266 g/mol. The van der Waals surface area contributed by atoms with Gasteiger partial charge in [0, 0.05) is 6.20 Å². The van der Waals surface area contributed by atoms with Crippen molar-refractivity contribution < 1.29 is 19.1 Å². The molecule has 104 valence electrons. The molecule has 19 heavy (non-hydrogen) atoms. The maximum atomic E-state index is 11.5. The normalized spacial score (nSPS) is 10.9. The first kappa shape index (κ1) is 15.5. The number of rotatable bonds is 4. The Morgan fingerprint density at radius 1 is 1.37 bits per heavy atom. The minimum absolute atomic E-state index is 0.148. The highest BCUT2D eigenvalue weighted by atomic mass is 32.2. The molecule has 0 fully saturated rings. The molecule has 0 atom stereocenters. The van der Waals surface area contributed by atoms with Crippen LogP contribution in [0.2, 0.25) is 0 Å². The van der Waals surface area contributed by atoms with Gasteiger partial charge in [-0.1, -0.05) is 11.8 Å².